The standard InChI is InChI=1S/C25H18N6OS.C24H17N7S2.C19H15F3N10S/c1-2-6-19(7-3-1)32-20-8-4-5-17(14-20)28-25-29-22-11-12-33-23(22)24(30-25)27-18-9-10-21-16(13-18)15-26-31-21;1-2-19(14-25-10-1)33-18-6-3-16(4-7-18)28-24-29-21-9-11-32-22(21)23(30-24)27-17-5-8-20-15(12-17)13-26-31-20;1-30-18(29-31(12-3-4-12)32(30)19(20,21)22)27-17-25-14-6-7-33-15(14)16(26-17)24-11-2-5-13-10(8-11)9-23-28-13/h1-15H,(H,26,31)(H2,27,28,29,30);1-14H,(H,26,31)(H2,27,28,29,30);2,5-9,12H,3-4H2,1H3,(H,25,26,27,29)/p+2. The minimum absolute atomic E-state index is 0.0143. The summed E-state index contributed by atoms with van der Waals surface area (Å²) < 4.78 is 50.5. The predicted octanol–water partition coefficient (Wildman–Crippen LogP) is 16.6. The fraction of sp³-hybridized carbons (Fsp3) is 0.0735. The highest BCUT2D eigenvalue weighted by Crippen LogP contribution is 2.37. The van der Waals surface area contributed by atoms with Gasteiger partial charge in [0.1, 0.15) is 18.5 Å². The number of aromatic amines is 3. The monoisotopic (exact) mass is 1390 g/mol. The van der Waals surface area contributed by atoms with Gasteiger partial charge in [0.2, 0.25) is 17.0 Å². The molecule has 0 bridgehead atoms. The number of aromatic nitrogens is 17. The number of thiophene rings is 3. The lowest BCUT2D eigenvalue weighted by atomic mass is 10.2. The normalized spacial score (nSPS) is 12.2. The van der Waals surface area contributed by atoms with Gasteiger partial charge in [-0.1, -0.05) is 40.7 Å². The molecule has 0 unspecified atom stereocenters. The number of benzene rings is 6. The van der Waals surface area contributed by atoms with E-state index in [2.05, 4.69) is 105 Å². The van der Waals surface area contributed by atoms with Crippen molar-refractivity contribution in [1.29, 1.82) is 0 Å². The third-order valence-corrected chi connectivity index (χ3v) is 19.1. The van der Waals surface area contributed by atoms with Crippen molar-refractivity contribution in [3.8, 4) is 11.5 Å². The van der Waals surface area contributed by atoms with Crippen molar-refractivity contribution in [1.82, 2.24) is 75.4 Å². The number of ether oxygens (including phenoxy) is 1. The van der Waals surface area contributed by atoms with Gasteiger partial charge in [0.05, 0.1) is 70.6 Å². The molecule has 6 aromatic carbocycles. The van der Waals surface area contributed by atoms with Gasteiger partial charge in [-0.25, -0.2) is 9.97 Å². The first-order valence-corrected chi connectivity index (χ1v) is 34.1. The maximum absolute atomic E-state index is 13.6. The predicted molar refractivity (Wildman–Crippen MR) is 381 cm³/mol. The van der Waals surface area contributed by atoms with Crippen LogP contribution in [0.25, 0.3) is 63.4 Å². The van der Waals surface area contributed by atoms with Crippen molar-refractivity contribution in [3.63, 3.8) is 0 Å². The van der Waals surface area contributed by atoms with Gasteiger partial charge >= 0.3 is 18.2 Å². The average molecular weight is 1390 g/mol. The Kier molecular flexibility index (Phi) is 16.7. The maximum atomic E-state index is 13.6. The molecular formula is C68H52F3N23OS4+2. The molecule has 0 spiro atoms. The lowest BCUT2D eigenvalue weighted by Gasteiger charge is -2.11. The molecule has 11 aromatic heterocycles. The van der Waals surface area contributed by atoms with Crippen LogP contribution in [0, 0.1) is 0 Å². The SMILES string of the molecule is C[n+]1c(Nc2nc(Nc3ccc4[nH]ncc4c3)c3sccc3n2)n[n+](C2CC2)n1C(F)(F)F.c1ccc(Oc2cccc(Nc3nc(Nc4ccc5[nH]ncc5c4)c4sccc4n3)c2)cc1.c1cncc(Sc2ccc(Nc3nc(Nc4ccc5[nH]ncc5c4)c4sccc4n3)cc2)c1. The number of para-hydroxylation sites is 1. The molecule has 0 aliphatic heterocycles. The van der Waals surface area contributed by atoms with Crippen molar-refractivity contribution < 1.29 is 27.4 Å². The quantitative estimate of drug-likeness (QED) is 0.0383. The Hall–Kier alpha value is -12.2. The summed E-state index contributed by atoms with van der Waals surface area (Å²) in [4.78, 5) is 35.4. The Morgan fingerprint density at radius 1 is 0.485 bits per heavy atom. The molecule has 99 heavy (non-hydrogen) atoms. The summed E-state index contributed by atoms with van der Waals surface area (Å²) in [7, 11) is 1.30. The van der Waals surface area contributed by atoms with E-state index in [0.29, 0.717) is 36.1 Å². The second-order valence-electron chi connectivity index (χ2n) is 22.4. The Morgan fingerprint density at radius 3 is 1.46 bits per heavy atom. The summed E-state index contributed by atoms with van der Waals surface area (Å²) in [6.07, 6.45) is 5.68. The lowest BCUT2D eigenvalue weighted by Crippen LogP contribution is -2.59. The number of hydrogen-bond donors (Lipinski definition) is 9. The average Bonchev–Trinajstić information content (AvgIpc) is 1.62. The van der Waals surface area contributed by atoms with Crippen LogP contribution < -0.4 is 46.1 Å². The lowest BCUT2D eigenvalue weighted by molar-refractivity contribution is -0.958. The number of alkyl halides is 3. The van der Waals surface area contributed by atoms with Crippen molar-refractivity contribution in [2.45, 2.75) is 35.0 Å². The van der Waals surface area contributed by atoms with Crippen molar-refractivity contribution in [2.75, 3.05) is 31.9 Å². The van der Waals surface area contributed by atoms with E-state index in [-0.39, 0.29) is 22.7 Å². The van der Waals surface area contributed by atoms with Crippen molar-refractivity contribution in [3.05, 3.63) is 211 Å². The Bertz CT molecular complexity index is 5720. The van der Waals surface area contributed by atoms with Gasteiger partial charge in [0, 0.05) is 77.6 Å². The topological polar surface area (TPSA) is 283 Å². The van der Waals surface area contributed by atoms with Crippen LogP contribution >= 0.6 is 45.8 Å². The van der Waals surface area contributed by atoms with Crippen LogP contribution in [-0.4, -0.2) is 75.4 Å². The Labute approximate surface area is 574 Å². The smallest absolute Gasteiger partial charge is 0.457 e. The molecule has 1 aliphatic carbocycles. The zero-order chi connectivity index (χ0) is 66.8. The van der Waals surface area contributed by atoms with Crippen LogP contribution in [0.4, 0.5) is 82.9 Å². The largest absolute Gasteiger partial charge is 0.558 e. The highest BCUT2D eigenvalue weighted by atomic mass is 32.2. The van der Waals surface area contributed by atoms with Crippen LogP contribution in [0.3, 0.4) is 0 Å². The highest BCUT2D eigenvalue weighted by molar-refractivity contribution is 7.99. The molecule has 11 heterocycles. The minimum Gasteiger partial charge on any atom is -0.457 e. The summed E-state index contributed by atoms with van der Waals surface area (Å²) in [5, 5.41) is 53.8. The van der Waals surface area contributed by atoms with Gasteiger partial charge < -0.3 is 31.3 Å². The van der Waals surface area contributed by atoms with Gasteiger partial charge in [-0.3, -0.25) is 20.3 Å². The number of halogens is 3. The first-order chi connectivity index (χ1) is 48.5. The van der Waals surface area contributed by atoms with Gasteiger partial charge in [-0.15, -0.1) is 47.2 Å². The zero-order valence-corrected chi connectivity index (χ0v) is 54.9. The molecule has 9 N–H and O–H groups in total. The number of rotatable bonds is 17. The van der Waals surface area contributed by atoms with Crippen molar-refractivity contribution in [2.24, 2.45) is 7.05 Å². The molecule has 0 saturated heterocycles. The summed E-state index contributed by atoms with van der Waals surface area (Å²) in [5.41, 5.74) is 9.76. The van der Waals surface area contributed by atoms with E-state index >= 15 is 0 Å². The molecule has 0 radical (unpaired) electrons. The van der Waals surface area contributed by atoms with E-state index in [1.165, 1.54) is 18.4 Å². The molecule has 0 amide bonds. The number of hydrogen-bond acceptors (Lipinski definition) is 22. The molecule has 1 fully saturated rings. The van der Waals surface area contributed by atoms with Crippen LogP contribution in [0.1, 0.15) is 18.9 Å². The third kappa shape index (κ3) is 14.0. The van der Waals surface area contributed by atoms with Crippen LogP contribution in [0.5, 0.6) is 11.5 Å². The fourth-order valence-electron chi connectivity index (χ4n) is 10.6. The molecule has 0 atom stereocenters. The molecule has 488 valence electrons. The van der Waals surface area contributed by atoms with Gasteiger partial charge in [-0.05, 0) is 162 Å². The molecule has 1 aliphatic rings. The number of nitrogens with one attached hydrogen (secondary N) is 9. The van der Waals surface area contributed by atoms with Crippen molar-refractivity contribution >= 4 is 179 Å². The molecule has 31 heteroatoms. The summed E-state index contributed by atoms with van der Waals surface area (Å²) in [6, 6.07) is 53.0. The summed E-state index contributed by atoms with van der Waals surface area (Å²) in [6.45, 7) is 0. The van der Waals surface area contributed by atoms with E-state index < -0.39 is 6.30 Å². The molecular weight excluding hydrogens is 1340 g/mol. The third-order valence-electron chi connectivity index (χ3n) is 15.4. The highest BCUT2D eigenvalue weighted by Gasteiger charge is 2.52. The number of fused-ring (bicyclic) bond motifs is 6. The van der Waals surface area contributed by atoms with Gasteiger partial charge in [-0.2, -0.15) is 40.5 Å². The first kappa shape index (κ1) is 61.7. The Balaban J connectivity index is 0.000000116. The number of H-pyrrole nitrogens is 3. The number of pyridine rings is 1. The van der Waals surface area contributed by atoms with Crippen LogP contribution in [0.15, 0.2) is 221 Å². The molecule has 18 rings (SSSR count). The maximum Gasteiger partial charge on any atom is 0.558 e. The molecule has 1 saturated carbocycles. The number of nitrogens with zero attached hydrogens (tertiary/aromatic N) is 14. The molecule has 17 aromatic rings. The summed E-state index contributed by atoms with van der Waals surface area (Å²) >= 11 is 6.36. The van der Waals surface area contributed by atoms with Crippen LogP contribution in [-0.2, 0) is 13.3 Å². The number of tetrazole rings is 1. The van der Waals surface area contributed by atoms with E-state index in [4.69, 9.17) is 14.7 Å². The number of anilines is 12. The second kappa shape index (κ2) is 26.8. The van der Waals surface area contributed by atoms with Crippen LogP contribution in [0.2, 0.25) is 0 Å². The Morgan fingerprint density at radius 2 is 0.970 bits per heavy atom. The second-order valence-corrected chi connectivity index (χ2v) is 26.3. The van der Waals surface area contributed by atoms with E-state index in [0.717, 1.165) is 129 Å². The zero-order valence-electron chi connectivity index (χ0n) is 51.6. The fourth-order valence-corrected chi connectivity index (χ4v) is 13.8. The summed E-state index contributed by atoms with van der Waals surface area (Å²) in [5.74, 6) is 4.73. The van der Waals surface area contributed by atoms with Gasteiger partial charge in [0.15, 0.2) is 23.5 Å². The van der Waals surface area contributed by atoms with E-state index in [1.807, 2.05) is 180 Å². The van der Waals surface area contributed by atoms with E-state index in [1.54, 1.807) is 53.0 Å². The molecule has 24 nitrogen and oxygen atoms in total. The minimum atomic E-state index is -4.61. The first-order valence-electron chi connectivity index (χ1n) is 30.6. The van der Waals surface area contributed by atoms with Gasteiger partial charge in [0.25, 0.3) is 0 Å². The van der Waals surface area contributed by atoms with E-state index in [9.17, 15) is 13.2 Å².